The number of nitrogens with one attached hydrogen (secondary N) is 2. The van der Waals surface area contributed by atoms with Gasteiger partial charge in [-0.25, -0.2) is 14.4 Å². The lowest BCUT2D eigenvalue weighted by atomic mass is 10.2. The highest BCUT2D eigenvalue weighted by atomic mass is 127. The molecule has 0 aliphatic carbocycles. The minimum atomic E-state index is -0.207. The van der Waals surface area contributed by atoms with Crippen LogP contribution in [0.2, 0.25) is 0 Å². The molecule has 0 bridgehead atoms. The third-order valence-electron chi connectivity index (χ3n) is 4.00. The summed E-state index contributed by atoms with van der Waals surface area (Å²) in [6.07, 6.45) is 0.924. The van der Waals surface area contributed by atoms with Crippen LogP contribution in [0.25, 0.3) is 0 Å². The molecule has 0 saturated heterocycles. The van der Waals surface area contributed by atoms with E-state index < -0.39 is 0 Å². The number of hydrogen-bond acceptors (Lipinski definition) is 4. The predicted octanol–water partition coefficient (Wildman–Crippen LogP) is 4.10. The molecular formula is C19H29FIN5S. The first kappa shape index (κ1) is 23.6. The van der Waals surface area contributed by atoms with Crippen molar-refractivity contribution in [3.8, 4) is 0 Å². The van der Waals surface area contributed by atoms with Crippen molar-refractivity contribution in [1.29, 1.82) is 0 Å². The van der Waals surface area contributed by atoms with Crippen molar-refractivity contribution in [3.05, 3.63) is 45.7 Å². The van der Waals surface area contributed by atoms with E-state index >= 15 is 0 Å². The number of guanidine groups is 1. The standard InChI is InChI=1S/C19H28FN5S.HI/c1-5-21-19(23-13-18-24-14(2)15(3)26-18)22-10-7-11-25(4)17-9-6-8-16(20)12-17;/h6,8-9,12H,5,7,10-11,13H2,1-4H3,(H2,21,22,23);1H. The largest absolute Gasteiger partial charge is 0.374 e. The van der Waals surface area contributed by atoms with E-state index in [1.54, 1.807) is 23.5 Å². The van der Waals surface area contributed by atoms with E-state index in [2.05, 4.69) is 32.4 Å². The summed E-state index contributed by atoms with van der Waals surface area (Å²) in [4.78, 5) is 12.4. The summed E-state index contributed by atoms with van der Waals surface area (Å²) in [7, 11) is 1.97. The van der Waals surface area contributed by atoms with Crippen molar-refractivity contribution >= 4 is 47.0 Å². The fourth-order valence-corrected chi connectivity index (χ4v) is 3.32. The number of thiazole rings is 1. The van der Waals surface area contributed by atoms with Crippen LogP contribution < -0.4 is 15.5 Å². The van der Waals surface area contributed by atoms with Gasteiger partial charge in [0, 0.05) is 37.2 Å². The molecule has 150 valence electrons. The van der Waals surface area contributed by atoms with E-state index in [9.17, 15) is 4.39 Å². The zero-order chi connectivity index (χ0) is 18.9. The number of aliphatic imine (C=N–C) groups is 1. The summed E-state index contributed by atoms with van der Waals surface area (Å²) in [6, 6.07) is 6.66. The molecule has 0 radical (unpaired) electrons. The second kappa shape index (κ2) is 12.1. The summed E-state index contributed by atoms with van der Waals surface area (Å²) < 4.78 is 13.3. The van der Waals surface area contributed by atoms with Crippen LogP contribution in [0.4, 0.5) is 10.1 Å². The molecule has 0 aliphatic rings. The van der Waals surface area contributed by atoms with Gasteiger partial charge in [-0.1, -0.05) is 6.07 Å². The second-order valence-corrected chi connectivity index (χ2v) is 7.41. The molecule has 0 aliphatic heterocycles. The number of aryl methyl sites for hydroxylation is 2. The number of aromatic nitrogens is 1. The van der Waals surface area contributed by atoms with Gasteiger partial charge in [-0.2, -0.15) is 0 Å². The summed E-state index contributed by atoms with van der Waals surface area (Å²) in [5, 5.41) is 7.63. The molecule has 0 atom stereocenters. The summed E-state index contributed by atoms with van der Waals surface area (Å²) in [6.45, 7) is 9.17. The van der Waals surface area contributed by atoms with Gasteiger partial charge in [0.05, 0.1) is 12.2 Å². The SMILES string of the molecule is CCNC(=NCc1nc(C)c(C)s1)NCCCN(C)c1cccc(F)c1.I. The Kier molecular flexibility index (Phi) is 10.6. The molecule has 0 amide bonds. The fraction of sp³-hybridized carbons (Fsp3) is 0.474. The zero-order valence-corrected chi connectivity index (χ0v) is 19.5. The highest BCUT2D eigenvalue weighted by molar-refractivity contribution is 14.0. The maximum atomic E-state index is 13.3. The molecule has 0 fully saturated rings. The molecule has 1 aromatic heterocycles. The molecule has 0 spiro atoms. The smallest absolute Gasteiger partial charge is 0.191 e. The van der Waals surface area contributed by atoms with Crippen molar-refractivity contribution < 1.29 is 4.39 Å². The lowest BCUT2D eigenvalue weighted by molar-refractivity contribution is 0.626. The first-order chi connectivity index (χ1) is 12.5. The molecule has 27 heavy (non-hydrogen) atoms. The Morgan fingerprint density at radius 1 is 1.30 bits per heavy atom. The van der Waals surface area contributed by atoms with E-state index in [1.165, 1.54) is 10.9 Å². The van der Waals surface area contributed by atoms with Crippen molar-refractivity contribution in [2.24, 2.45) is 4.99 Å². The summed E-state index contributed by atoms with van der Waals surface area (Å²) >= 11 is 1.69. The van der Waals surface area contributed by atoms with Gasteiger partial charge in [-0.05, 0) is 45.4 Å². The minimum absolute atomic E-state index is 0. The van der Waals surface area contributed by atoms with E-state index in [0.29, 0.717) is 6.54 Å². The number of rotatable bonds is 8. The monoisotopic (exact) mass is 505 g/mol. The van der Waals surface area contributed by atoms with Crippen LogP contribution in [0.15, 0.2) is 29.3 Å². The third kappa shape index (κ3) is 8.00. The Morgan fingerprint density at radius 2 is 2.07 bits per heavy atom. The van der Waals surface area contributed by atoms with Crippen molar-refractivity contribution in [2.75, 3.05) is 31.6 Å². The molecule has 2 N–H and O–H groups in total. The number of anilines is 1. The Labute approximate surface area is 182 Å². The van der Waals surface area contributed by atoms with Crippen LogP contribution in [0.5, 0.6) is 0 Å². The number of benzene rings is 1. The van der Waals surface area contributed by atoms with Gasteiger partial charge >= 0.3 is 0 Å². The van der Waals surface area contributed by atoms with Crippen molar-refractivity contribution in [3.63, 3.8) is 0 Å². The maximum absolute atomic E-state index is 13.3. The highest BCUT2D eigenvalue weighted by Gasteiger charge is 2.05. The second-order valence-electron chi connectivity index (χ2n) is 6.13. The first-order valence-corrected chi connectivity index (χ1v) is 9.73. The normalized spacial score (nSPS) is 11.1. The van der Waals surface area contributed by atoms with E-state index in [4.69, 9.17) is 0 Å². The molecule has 0 saturated carbocycles. The third-order valence-corrected chi connectivity index (χ3v) is 5.06. The van der Waals surface area contributed by atoms with Gasteiger partial charge in [0.2, 0.25) is 0 Å². The van der Waals surface area contributed by atoms with Crippen molar-refractivity contribution in [1.82, 2.24) is 15.6 Å². The van der Waals surface area contributed by atoms with E-state index in [1.807, 2.05) is 27.0 Å². The maximum Gasteiger partial charge on any atom is 0.191 e. The average Bonchev–Trinajstić information content (AvgIpc) is 2.94. The molecule has 8 heteroatoms. The number of hydrogen-bond donors (Lipinski definition) is 2. The molecule has 5 nitrogen and oxygen atoms in total. The minimum Gasteiger partial charge on any atom is -0.374 e. The topological polar surface area (TPSA) is 52.6 Å². The predicted molar refractivity (Wildman–Crippen MR) is 124 cm³/mol. The average molecular weight is 505 g/mol. The van der Waals surface area contributed by atoms with Gasteiger partial charge in [0.1, 0.15) is 10.8 Å². The zero-order valence-electron chi connectivity index (χ0n) is 16.4. The van der Waals surface area contributed by atoms with Gasteiger partial charge in [-0.3, -0.25) is 0 Å². The number of nitrogens with zero attached hydrogens (tertiary/aromatic N) is 3. The van der Waals surface area contributed by atoms with Crippen LogP contribution in [-0.4, -0.2) is 37.6 Å². The Hall–Kier alpha value is -1.42. The van der Waals surface area contributed by atoms with Crippen LogP contribution in [-0.2, 0) is 6.54 Å². The fourth-order valence-electron chi connectivity index (χ4n) is 2.46. The van der Waals surface area contributed by atoms with Crippen LogP contribution in [0, 0.1) is 19.7 Å². The lowest BCUT2D eigenvalue weighted by Gasteiger charge is -2.19. The molecular weight excluding hydrogens is 476 g/mol. The molecule has 1 heterocycles. The first-order valence-electron chi connectivity index (χ1n) is 8.91. The Bertz CT molecular complexity index is 715. The Balaban J connectivity index is 0.00000364. The quantitative estimate of drug-likeness (QED) is 0.246. The van der Waals surface area contributed by atoms with Crippen LogP contribution in [0.3, 0.4) is 0 Å². The van der Waals surface area contributed by atoms with Gasteiger partial charge < -0.3 is 15.5 Å². The molecule has 0 unspecified atom stereocenters. The Morgan fingerprint density at radius 3 is 2.70 bits per heavy atom. The van der Waals surface area contributed by atoms with Crippen molar-refractivity contribution in [2.45, 2.75) is 33.7 Å². The van der Waals surface area contributed by atoms with Crippen LogP contribution >= 0.6 is 35.3 Å². The molecule has 2 rings (SSSR count). The number of halogens is 2. The molecule has 1 aromatic carbocycles. The summed E-state index contributed by atoms with van der Waals surface area (Å²) in [5.74, 6) is 0.591. The lowest BCUT2D eigenvalue weighted by Crippen LogP contribution is -2.38. The molecule has 2 aromatic rings. The van der Waals surface area contributed by atoms with Gasteiger partial charge in [0.15, 0.2) is 5.96 Å². The van der Waals surface area contributed by atoms with E-state index in [0.717, 1.165) is 48.4 Å². The van der Waals surface area contributed by atoms with Crippen LogP contribution in [0.1, 0.15) is 28.9 Å². The van der Waals surface area contributed by atoms with E-state index in [-0.39, 0.29) is 29.8 Å². The highest BCUT2D eigenvalue weighted by Crippen LogP contribution is 2.17. The summed E-state index contributed by atoms with van der Waals surface area (Å²) in [5.41, 5.74) is 1.97. The van der Waals surface area contributed by atoms with Gasteiger partial charge in [-0.15, -0.1) is 35.3 Å². The van der Waals surface area contributed by atoms with Gasteiger partial charge in [0.25, 0.3) is 0 Å².